The second kappa shape index (κ2) is 6.46. The Bertz CT molecular complexity index is 322. The predicted molar refractivity (Wildman–Crippen MR) is 73.5 cm³/mol. The third-order valence-electron chi connectivity index (χ3n) is 2.67. The minimum atomic E-state index is -1.91. The first-order chi connectivity index (χ1) is 7.79. The maximum Gasteiger partial charge on any atom is 0.231 e. The molecule has 0 saturated carbocycles. The van der Waals surface area contributed by atoms with E-state index in [0.717, 1.165) is 18.7 Å². The minimum absolute atomic E-state index is 0.753. The van der Waals surface area contributed by atoms with E-state index in [1.165, 1.54) is 5.19 Å². The van der Waals surface area contributed by atoms with Crippen molar-refractivity contribution in [2.24, 2.45) is 0 Å². The molecule has 0 heterocycles. The lowest BCUT2D eigenvalue weighted by atomic mass is 10.4. The summed E-state index contributed by atoms with van der Waals surface area (Å²) in [6, 6.07) is 12.4. The summed E-state index contributed by atoms with van der Waals surface area (Å²) < 4.78 is 6.09. The van der Waals surface area contributed by atoms with Gasteiger partial charge in [0, 0.05) is 6.61 Å². The van der Waals surface area contributed by atoms with Crippen molar-refractivity contribution in [1.29, 1.82) is 0 Å². The first-order valence-electron chi connectivity index (χ1n) is 5.70. The molecular weight excluding hydrogens is 212 g/mol. The van der Waals surface area contributed by atoms with Gasteiger partial charge in [-0.3, -0.25) is 0 Å². The molecule has 0 unspecified atom stereocenters. The van der Waals surface area contributed by atoms with Gasteiger partial charge < -0.3 is 4.43 Å². The van der Waals surface area contributed by atoms with Crippen LogP contribution in [-0.2, 0) is 4.43 Å². The van der Waals surface area contributed by atoms with E-state index < -0.39 is 8.32 Å². The highest BCUT2D eigenvalue weighted by Gasteiger charge is 2.34. The van der Waals surface area contributed by atoms with Gasteiger partial charge in [-0.1, -0.05) is 42.5 Å². The highest BCUT2D eigenvalue weighted by Crippen LogP contribution is 2.18. The van der Waals surface area contributed by atoms with Gasteiger partial charge in [-0.25, -0.2) is 0 Å². The van der Waals surface area contributed by atoms with Crippen molar-refractivity contribution in [2.45, 2.75) is 19.0 Å². The Labute approximate surface area is 99.6 Å². The van der Waals surface area contributed by atoms with Gasteiger partial charge in [0.05, 0.1) is 0 Å². The van der Waals surface area contributed by atoms with Crippen molar-refractivity contribution in [3.8, 4) is 0 Å². The molecule has 1 aromatic carbocycles. The Morgan fingerprint density at radius 1 is 1.12 bits per heavy atom. The van der Waals surface area contributed by atoms with Crippen molar-refractivity contribution < 1.29 is 4.43 Å². The molecule has 86 valence electrons. The van der Waals surface area contributed by atoms with Crippen LogP contribution in [0.5, 0.6) is 0 Å². The molecule has 0 fully saturated rings. The topological polar surface area (TPSA) is 9.23 Å². The first kappa shape index (κ1) is 12.9. The minimum Gasteiger partial charge on any atom is -0.412 e. The molecule has 0 N–H and O–H groups in total. The van der Waals surface area contributed by atoms with Gasteiger partial charge >= 0.3 is 0 Å². The summed E-state index contributed by atoms with van der Waals surface area (Å²) in [6.45, 7) is 10.5. The number of benzene rings is 1. The fraction of sp³-hybridized carbons (Fsp3) is 0.286. The largest absolute Gasteiger partial charge is 0.412 e. The zero-order valence-electron chi connectivity index (χ0n) is 9.99. The molecule has 0 aliphatic heterocycles. The number of hydrogen-bond donors (Lipinski definition) is 0. The van der Waals surface area contributed by atoms with Crippen LogP contribution in [0.3, 0.4) is 0 Å². The molecule has 16 heavy (non-hydrogen) atoms. The van der Waals surface area contributed by atoms with Crippen LogP contribution >= 0.6 is 0 Å². The quantitative estimate of drug-likeness (QED) is 0.518. The zero-order chi connectivity index (χ0) is 11.9. The Kier molecular flexibility index (Phi) is 5.22. The van der Waals surface area contributed by atoms with Crippen LogP contribution in [0.25, 0.3) is 0 Å². The Balaban J connectivity index is 3.08. The van der Waals surface area contributed by atoms with Crippen LogP contribution in [0.1, 0.15) is 6.92 Å². The summed E-state index contributed by atoms with van der Waals surface area (Å²) in [7, 11) is -1.91. The molecule has 1 aromatic rings. The monoisotopic (exact) mass is 232 g/mol. The van der Waals surface area contributed by atoms with Crippen molar-refractivity contribution >= 4 is 13.5 Å². The van der Waals surface area contributed by atoms with E-state index >= 15 is 0 Å². The molecule has 0 saturated heterocycles. The molecule has 0 bridgehead atoms. The summed E-state index contributed by atoms with van der Waals surface area (Å²) in [5.74, 6) is 0. The highest BCUT2D eigenvalue weighted by atomic mass is 28.4. The van der Waals surface area contributed by atoms with E-state index in [4.69, 9.17) is 4.43 Å². The first-order valence-corrected chi connectivity index (χ1v) is 8.02. The molecular formula is C14H20OSi. The molecule has 0 aromatic heterocycles. The van der Waals surface area contributed by atoms with Crippen LogP contribution in [0, 0.1) is 0 Å². The lowest BCUT2D eigenvalue weighted by Crippen LogP contribution is -2.49. The fourth-order valence-corrected chi connectivity index (χ4v) is 5.33. The van der Waals surface area contributed by atoms with E-state index in [-0.39, 0.29) is 0 Å². The normalized spacial score (nSPS) is 11.1. The second-order valence-electron chi connectivity index (χ2n) is 3.78. The van der Waals surface area contributed by atoms with Crippen LogP contribution in [0.15, 0.2) is 55.6 Å². The molecule has 0 aliphatic carbocycles. The van der Waals surface area contributed by atoms with Gasteiger partial charge in [-0.2, -0.15) is 0 Å². The Hall–Kier alpha value is -1.12. The molecule has 1 rings (SSSR count). The van der Waals surface area contributed by atoms with Gasteiger partial charge in [0.2, 0.25) is 8.32 Å². The van der Waals surface area contributed by atoms with E-state index in [1.54, 1.807) is 0 Å². The average Bonchev–Trinajstić information content (AvgIpc) is 2.31. The van der Waals surface area contributed by atoms with Gasteiger partial charge in [0.15, 0.2) is 0 Å². The molecule has 0 atom stereocenters. The maximum absolute atomic E-state index is 6.09. The van der Waals surface area contributed by atoms with Gasteiger partial charge in [-0.05, 0) is 24.2 Å². The fourth-order valence-electron chi connectivity index (χ4n) is 2.00. The van der Waals surface area contributed by atoms with Crippen molar-refractivity contribution in [3.05, 3.63) is 55.6 Å². The Morgan fingerprint density at radius 2 is 1.69 bits per heavy atom. The SMILES string of the molecule is C=CC[Si](CC=C)(OCC)c1ccccc1. The number of rotatable bonds is 7. The summed E-state index contributed by atoms with van der Waals surface area (Å²) in [5, 5.41) is 1.33. The van der Waals surface area contributed by atoms with E-state index in [0.29, 0.717) is 0 Å². The van der Waals surface area contributed by atoms with E-state index in [9.17, 15) is 0 Å². The summed E-state index contributed by atoms with van der Waals surface area (Å²) in [6.07, 6.45) is 3.94. The molecule has 0 spiro atoms. The van der Waals surface area contributed by atoms with E-state index in [2.05, 4.69) is 44.3 Å². The third-order valence-corrected chi connectivity index (χ3v) is 6.79. The third kappa shape index (κ3) is 2.94. The van der Waals surface area contributed by atoms with Gasteiger partial charge in [-0.15, -0.1) is 13.2 Å². The van der Waals surface area contributed by atoms with Gasteiger partial charge in [0.25, 0.3) is 0 Å². The standard InChI is InChI=1S/C14H20OSi/c1-4-12-16(13-5-2,15-6-3)14-10-8-7-9-11-14/h4-5,7-11H,1-2,6,12-13H2,3H3. The molecule has 0 amide bonds. The lowest BCUT2D eigenvalue weighted by Gasteiger charge is -2.29. The predicted octanol–water partition coefficient (Wildman–Crippen LogP) is 3.25. The van der Waals surface area contributed by atoms with Crippen LogP contribution < -0.4 is 5.19 Å². The van der Waals surface area contributed by atoms with Crippen LogP contribution in [0.2, 0.25) is 12.1 Å². The molecule has 0 radical (unpaired) electrons. The lowest BCUT2D eigenvalue weighted by molar-refractivity contribution is 0.333. The van der Waals surface area contributed by atoms with E-state index in [1.807, 2.05) is 18.2 Å². The van der Waals surface area contributed by atoms with Crippen molar-refractivity contribution in [1.82, 2.24) is 0 Å². The second-order valence-corrected chi connectivity index (χ2v) is 7.45. The maximum atomic E-state index is 6.09. The molecule has 2 heteroatoms. The number of hydrogen-bond acceptors (Lipinski definition) is 1. The van der Waals surface area contributed by atoms with Crippen molar-refractivity contribution in [3.63, 3.8) is 0 Å². The van der Waals surface area contributed by atoms with Gasteiger partial charge in [0.1, 0.15) is 0 Å². The Morgan fingerprint density at radius 3 is 2.12 bits per heavy atom. The average molecular weight is 232 g/mol. The number of allylic oxidation sites excluding steroid dienone is 2. The summed E-state index contributed by atoms with van der Waals surface area (Å²) >= 11 is 0. The van der Waals surface area contributed by atoms with Crippen molar-refractivity contribution in [2.75, 3.05) is 6.61 Å². The summed E-state index contributed by atoms with van der Waals surface area (Å²) in [5.41, 5.74) is 0. The zero-order valence-corrected chi connectivity index (χ0v) is 11.0. The smallest absolute Gasteiger partial charge is 0.231 e. The summed E-state index contributed by atoms with van der Waals surface area (Å²) in [4.78, 5) is 0. The molecule has 1 nitrogen and oxygen atoms in total. The van der Waals surface area contributed by atoms with Crippen LogP contribution in [-0.4, -0.2) is 14.9 Å². The molecule has 0 aliphatic rings. The highest BCUT2D eigenvalue weighted by molar-refractivity contribution is 6.87. The van der Waals surface area contributed by atoms with Crippen LogP contribution in [0.4, 0.5) is 0 Å².